The Morgan fingerprint density at radius 3 is 3.12 bits per heavy atom. The van der Waals surface area contributed by atoms with Crippen molar-refractivity contribution in [3.8, 4) is 0 Å². The summed E-state index contributed by atoms with van der Waals surface area (Å²) in [6, 6.07) is 7.65. The first-order valence-electron chi connectivity index (χ1n) is 7.91. The molecule has 1 unspecified atom stereocenters. The van der Waals surface area contributed by atoms with Crippen molar-refractivity contribution in [2.45, 2.75) is 6.10 Å². The number of nitrogens with zero attached hydrogens (tertiary/aromatic N) is 1. The van der Waals surface area contributed by atoms with Gasteiger partial charge in [0, 0.05) is 43.8 Å². The quantitative estimate of drug-likeness (QED) is 0.819. The number of ether oxygens (including phenoxy) is 2. The second kappa shape index (κ2) is 7.46. The zero-order chi connectivity index (χ0) is 16.9. The van der Waals surface area contributed by atoms with E-state index in [4.69, 9.17) is 9.47 Å². The second-order valence-corrected chi connectivity index (χ2v) is 5.72. The SMILES string of the molecule is COCCN1CC(CNC(=O)c2c[nH]c3ccccc23)OCC1=O. The molecule has 1 aliphatic heterocycles. The molecule has 2 amide bonds. The van der Waals surface area contributed by atoms with E-state index in [1.54, 1.807) is 18.2 Å². The molecular formula is C17H21N3O4. The van der Waals surface area contributed by atoms with E-state index in [2.05, 4.69) is 10.3 Å². The molecule has 2 N–H and O–H groups in total. The van der Waals surface area contributed by atoms with Crippen LogP contribution in [0.25, 0.3) is 10.9 Å². The third-order valence-corrected chi connectivity index (χ3v) is 4.11. The molecule has 7 heteroatoms. The van der Waals surface area contributed by atoms with Gasteiger partial charge in [0.25, 0.3) is 5.91 Å². The maximum atomic E-state index is 12.4. The van der Waals surface area contributed by atoms with E-state index in [0.717, 1.165) is 10.9 Å². The van der Waals surface area contributed by atoms with Gasteiger partial charge in [-0.05, 0) is 6.07 Å². The Kier molecular flexibility index (Phi) is 5.12. The predicted molar refractivity (Wildman–Crippen MR) is 88.8 cm³/mol. The number of hydrogen-bond donors (Lipinski definition) is 2. The van der Waals surface area contributed by atoms with Crippen molar-refractivity contribution in [3.63, 3.8) is 0 Å². The molecule has 3 rings (SSSR count). The summed E-state index contributed by atoms with van der Waals surface area (Å²) < 4.78 is 10.5. The maximum Gasteiger partial charge on any atom is 0.253 e. The third-order valence-electron chi connectivity index (χ3n) is 4.11. The Hall–Kier alpha value is -2.38. The van der Waals surface area contributed by atoms with Crippen molar-refractivity contribution in [3.05, 3.63) is 36.0 Å². The highest BCUT2D eigenvalue weighted by molar-refractivity contribution is 6.06. The van der Waals surface area contributed by atoms with Gasteiger partial charge in [-0.1, -0.05) is 18.2 Å². The molecule has 1 aliphatic rings. The zero-order valence-corrected chi connectivity index (χ0v) is 13.6. The Labute approximate surface area is 139 Å². The topological polar surface area (TPSA) is 83.7 Å². The number of hydrogen-bond acceptors (Lipinski definition) is 4. The fourth-order valence-corrected chi connectivity index (χ4v) is 2.78. The molecule has 1 saturated heterocycles. The number of methoxy groups -OCH3 is 1. The predicted octanol–water partition coefficient (Wildman–Crippen LogP) is 0.771. The Morgan fingerprint density at radius 1 is 1.46 bits per heavy atom. The van der Waals surface area contributed by atoms with Crippen LogP contribution in [0.2, 0.25) is 0 Å². The Morgan fingerprint density at radius 2 is 2.29 bits per heavy atom. The largest absolute Gasteiger partial charge is 0.383 e. The van der Waals surface area contributed by atoms with Crippen LogP contribution in [0, 0.1) is 0 Å². The van der Waals surface area contributed by atoms with Crippen LogP contribution in [-0.2, 0) is 14.3 Å². The molecule has 128 valence electrons. The lowest BCUT2D eigenvalue weighted by atomic mass is 10.1. The number of aromatic amines is 1. The summed E-state index contributed by atoms with van der Waals surface area (Å²) in [6.07, 6.45) is 1.49. The first-order chi connectivity index (χ1) is 11.7. The van der Waals surface area contributed by atoms with Crippen molar-refractivity contribution >= 4 is 22.7 Å². The van der Waals surface area contributed by atoms with Gasteiger partial charge < -0.3 is 24.7 Å². The third kappa shape index (κ3) is 3.58. The molecule has 7 nitrogen and oxygen atoms in total. The van der Waals surface area contributed by atoms with Gasteiger partial charge in [-0.3, -0.25) is 9.59 Å². The summed E-state index contributed by atoms with van der Waals surface area (Å²) in [5.41, 5.74) is 1.53. The molecule has 0 bridgehead atoms. The van der Waals surface area contributed by atoms with Crippen LogP contribution in [0.4, 0.5) is 0 Å². The summed E-state index contributed by atoms with van der Waals surface area (Å²) in [4.78, 5) is 29.0. The van der Waals surface area contributed by atoms with Gasteiger partial charge in [0.05, 0.1) is 18.3 Å². The molecule has 0 spiro atoms. The van der Waals surface area contributed by atoms with E-state index in [-0.39, 0.29) is 24.5 Å². The highest BCUT2D eigenvalue weighted by Crippen LogP contribution is 2.17. The molecular weight excluding hydrogens is 310 g/mol. The smallest absolute Gasteiger partial charge is 0.253 e. The lowest BCUT2D eigenvalue weighted by molar-refractivity contribution is -0.149. The van der Waals surface area contributed by atoms with E-state index < -0.39 is 0 Å². The molecule has 0 saturated carbocycles. The van der Waals surface area contributed by atoms with Crippen LogP contribution in [0.1, 0.15) is 10.4 Å². The summed E-state index contributed by atoms with van der Waals surface area (Å²) in [5.74, 6) is -0.206. The molecule has 1 atom stereocenters. The van der Waals surface area contributed by atoms with E-state index in [9.17, 15) is 9.59 Å². The summed E-state index contributed by atoms with van der Waals surface area (Å²) in [5, 5.41) is 3.77. The van der Waals surface area contributed by atoms with Gasteiger partial charge in [-0.15, -0.1) is 0 Å². The van der Waals surface area contributed by atoms with Crippen molar-refractivity contribution < 1.29 is 19.1 Å². The summed E-state index contributed by atoms with van der Waals surface area (Å²) >= 11 is 0. The number of rotatable bonds is 6. The minimum atomic E-state index is -0.214. The molecule has 1 fully saturated rings. The molecule has 1 aromatic heterocycles. The lowest BCUT2D eigenvalue weighted by Crippen LogP contribution is -2.51. The first kappa shape index (κ1) is 16.5. The number of H-pyrrole nitrogens is 1. The monoisotopic (exact) mass is 331 g/mol. The summed E-state index contributed by atoms with van der Waals surface area (Å²) in [6.45, 7) is 1.87. The van der Waals surface area contributed by atoms with Crippen molar-refractivity contribution in [1.29, 1.82) is 0 Å². The number of aromatic nitrogens is 1. The van der Waals surface area contributed by atoms with Crippen molar-refractivity contribution in [2.75, 3.05) is 40.0 Å². The molecule has 0 radical (unpaired) electrons. The number of amides is 2. The highest BCUT2D eigenvalue weighted by Gasteiger charge is 2.26. The number of benzene rings is 1. The van der Waals surface area contributed by atoms with Gasteiger partial charge in [-0.25, -0.2) is 0 Å². The van der Waals surface area contributed by atoms with Crippen LogP contribution < -0.4 is 5.32 Å². The van der Waals surface area contributed by atoms with Crippen LogP contribution in [0.3, 0.4) is 0 Å². The average molecular weight is 331 g/mol. The summed E-state index contributed by atoms with van der Waals surface area (Å²) in [7, 11) is 1.60. The van der Waals surface area contributed by atoms with Crippen LogP contribution in [0.5, 0.6) is 0 Å². The van der Waals surface area contributed by atoms with Crippen LogP contribution in [0.15, 0.2) is 30.5 Å². The Balaban J connectivity index is 1.57. The van der Waals surface area contributed by atoms with Crippen LogP contribution >= 0.6 is 0 Å². The fourth-order valence-electron chi connectivity index (χ4n) is 2.78. The second-order valence-electron chi connectivity index (χ2n) is 5.72. The molecule has 24 heavy (non-hydrogen) atoms. The Bertz CT molecular complexity index is 727. The van der Waals surface area contributed by atoms with Gasteiger partial charge in [-0.2, -0.15) is 0 Å². The number of carbonyl (C=O) groups excluding carboxylic acids is 2. The van der Waals surface area contributed by atoms with Crippen molar-refractivity contribution in [2.24, 2.45) is 0 Å². The molecule has 0 aliphatic carbocycles. The number of nitrogens with one attached hydrogen (secondary N) is 2. The van der Waals surface area contributed by atoms with Gasteiger partial charge >= 0.3 is 0 Å². The zero-order valence-electron chi connectivity index (χ0n) is 13.6. The number of para-hydroxylation sites is 1. The molecule has 2 heterocycles. The van der Waals surface area contributed by atoms with Gasteiger partial charge in [0.1, 0.15) is 6.61 Å². The highest BCUT2D eigenvalue weighted by atomic mass is 16.5. The minimum Gasteiger partial charge on any atom is -0.383 e. The number of fused-ring (bicyclic) bond motifs is 1. The number of carbonyl (C=O) groups is 2. The van der Waals surface area contributed by atoms with E-state index >= 15 is 0 Å². The number of morpholine rings is 1. The first-order valence-corrected chi connectivity index (χ1v) is 7.91. The van der Waals surface area contributed by atoms with E-state index in [1.165, 1.54) is 0 Å². The molecule has 1 aromatic carbocycles. The van der Waals surface area contributed by atoms with E-state index in [0.29, 0.717) is 31.8 Å². The van der Waals surface area contributed by atoms with Gasteiger partial charge in [0.2, 0.25) is 5.91 Å². The normalized spacial score (nSPS) is 18.1. The van der Waals surface area contributed by atoms with E-state index in [1.807, 2.05) is 24.3 Å². The fraction of sp³-hybridized carbons (Fsp3) is 0.412. The average Bonchev–Trinajstić information content (AvgIpc) is 3.04. The standard InChI is InChI=1S/C17H21N3O4/c1-23-7-6-20-10-12(24-11-16(20)21)8-19-17(22)14-9-18-15-5-3-2-4-13(14)15/h2-5,9,12,18H,6-8,10-11H2,1H3,(H,19,22). The van der Waals surface area contributed by atoms with Crippen molar-refractivity contribution in [1.82, 2.24) is 15.2 Å². The van der Waals surface area contributed by atoms with Gasteiger partial charge in [0.15, 0.2) is 0 Å². The lowest BCUT2D eigenvalue weighted by Gasteiger charge is -2.32. The van der Waals surface area contributed by atoms with Crippen LogP contribution in [-0.4, -0.2) is 67.8 Å². The minimum absolute atomic E-state index is 0.0390. The maximum absolute atomic E-state index is 12.4. The molecule has 2 aromatic rings.